The van der Waals surface area contributed by atoms with E-state index in [1.807, 2.05) is 24.3 Å². The lowest BCUT2D eigenvalue weighted by molar-refractivity contribution is 0.0926. The Balaban J connectivity index is 2.02. The van der Waals surface area contributed by atoms with Crippen molar-refractivity contribution < 1.29 is 13.9 Å². The second kappa shape index (κ2) is 5.86. The van der Waals surface area contributed by atoms with Gasteiger partial charge in [-0.3, -0.25) is 4.79 Å². The van der Waals surface area contributed by atoms with Crippen LogP contribution in [0, 0.1) is 6.92 Å². The second-order valence-electron chi connectivity index (χ2n) is 3.85. The average molecular weight is 258 g/mol. The number of nitrogens with one attached hydrogen (secondary N) is 1. The molecule has 1 heterocycles. The first-order valence-corrected chi connectivity index (χ1v) is 5.73. The highest BCUT2D eigenvalue weighted by molar-refractivity contribution is 5.92. The fraction of sp³-hybridized carbons (Fsp3) is 0.143. The topological polar surface area (TPSA) is 63.8 Å². The van der Waals surface area contributed by atoms with E-state index in [1.54, 1.807) is 26.2 Å². The van der Waals surface area contributed by atoms with Crippen molar-refractivity contribution in [2.45, 2.75) is 6.92 Å². The van der Waals surface area contributed by atoms with Crippen molar-refractivity contribution in [2.24, 2.45) is 5.10 Å². The summed E-state index contributed by atoms with van der Waals surface area (Å²) in [4.78, 5) is 11.7. The number of carbonyl (C=O) groups excluding carboxylic acids is 1. The summed E-state index contributed by atoms with van der Waals surface area (Å²) in [6.07, 6.45) is 1.52. The number of ether oxygens (including phenoxy) is 1. The molecular formula is C14H14N2O3. The molecule has 0 bridgehead atoms. The third-order valence-electron chi connectivity index (χ3n) is 2.47. The summed E-state index contributed by atoms with van der Waals surface area (Å²) in [5, 5.41) is 3.87. The molecule has 2 aromatic rings. The molecule has 0 saturated heterocycles. The maximum Gasteiger partial charge on any atom is 0.307 e. The predicted molar refractivity (Wildman–Crippen MR) is 71.5 cm³/mol. The quantitative estimate of drug-likeness (QED) is 0.676. The smallest absolute Gasteiger partial charge is 0.307 e. The molecule has 0 atom stereocenters. The summed E-state index contributed by atoms with van der Waals surface area (Å²) in [5.74, 6) is 1.21. The van der Waals surface area contributed by atoms with Gasteiger partial charge in [-0.15, -0.1) is 0 Å². The van der Waals surface area contributed by atoms with E-state index in [2.05, 4.69) is 10.5 Å². The fourth-order valence-electron chi connectivity index (χ4n) is 1.55. The van der Waals surface area contributed by atoms with Gasteiger partial charge in [0, 0.05) is 5.56 Å². The number of carbonyl (C=O) groups is 1. The molecule has 0 spiro atoms. The zero-order chi connectivity index (χ0) is 13.7. The molecule has 0 aliphatic carbocycles. The van der Waals surface area contributed by atoms with Gasteiger partial charge in [0.05, 0.1) is 13.3 Å². The number of aryl methyl sites for hydroxylation is 1. The van der Waals surface area contributed by atoms with Gasteiger partial charge in [0.15, 0.2) is 5.76 Å². The van der Waals surface area contributed by atoms with E-state index in [0.29, 0.717) is 11.5 Å². The molecule has 5 heteroatoms. The monoisotopic (exact) mass is 258 g/mol. The van der Waals surface area contributed by atoms with Crippen LogP contribution in [0.1, 0.15) is 21.9 Å². The van der Waals surface area contributed by atoms with E-state index in [-0.39, 0.29) is 11.7 Å². The van der Waals surface area contributed by atoms with Gasteiger partial charge in [-0.05, 0) is 31.2 Å². The molecule has 0 unspecified atom stereocenters. The van der Waals surface area contributed by atoms with E-state index in [0.717, 1.165) is 5.56 Å². The van der Waals surface area contributed by atoms with Gasteiger partial charge >= 0.3 is 5.91 Å². The number of benzene rings is 1. The molecule has 1 amide bonds. The summed E-state index contributed by atoms with van der Waals surface area (Å²) in [7, 11) is 1.58. The molecule has 98 valence electrons. The number of nitrogens with zero attached hydrogens (tertiary/aromatic N) is 1. The lowest BCUT2D eigenvalue weighted by Crippen LogP contribution is -2.16. The molecule has 0 radical (unpaired) electrons. The highest BCUT2D eigenvalue weighted by atomic mass is 16.5. The van der Waals surface area contributed by atoms with Gasteiger partial charge < -0.3 is 9.15 Å². The Kier molecular flexibility index (Phi) is 3.97. The first-order chi connectivity index (χ1) is 9.20. The Hall–Kier alpha value is -2.56. The van der Waals surface area contributed by atoms with E-state index in [4.69, 9.17) is 9.15 Å². The van der Waals surface area contributed by atoms with Gasteiger partial charge in [-0.1, -0.05) is 12.1 Å². The lowest BCUT2D eigenvalue weighted by Gasteiger charge is -2.02. The Labute approximate surface area is 110 Å². The Morgan fingerprint density at radius 3 is 2.79 bits per heavy atom. The number of furan rings is 1. The van der Waals surface area contributed by atoms with Crippen LogP contribution in [0.4, 0.5) is 0 Å². The minimum Gasteiger partial charge on any atom is -0.496 e. The Bertz CT molecular complexity index is 602. The molecule has 1 N–H and O–H groups in total. The highest BCUT2D eigenvalue weighted by Gasteiger charge is 2.08. The van der Waals surface area contributed by atoms with Crippen LogP contribution in [0.3, 0.4) is 0 Å². The van der Waals surface area contributed by atoms with E-state index in [1.165, 1.54) is 6.21 Å². The molecule has 5 nitrogen and oxygen atoms in total. The van der Waals surface area contributed by atoms with E-state index >= 15 is 0 Å². The molecular weight excluding hydrogens is 244 g/mol. The number of hydrogen-bond acceptors (Lipinski definition) is 4. The van der Waals surface area contributed by atoms with Crippen LogP contribution >= 0.6 is 0 Å². The first kappa shape index (κ1) is 12.9. The zero-order valence-electron chi connectivity index (χ0n) is 10.7. The molecule has 19 heavy (non-hydrogen) atoms. The lowest BCUT2D eigenvalue weighted by atomic mass is 10.2. The van der Waals surface area contributed by atoms with Gasteiger partial charge in [-0.25, -0.2) is 5.43 Å². The van der Waals surface area contributed by atoms with Crippen molar-refractivity contribution in [3.8, 4) is 5.75 Å². The van der Waals surface area contributed by atoms with Crippen LogP contribution in [-0.2, 0) is 0 Å². The number of hydrogen-bond donors (Lipinski definition) is 1. The largest absolute Gasteiger partial charge is 0.496 e. The van der Waals surface area contributed by atoms with Gasteiger partial charge in [0.2, 0.25) is 0 Å². The Morgan fingerprint density at radius 2 is 2.11 bits per heavy atom. The van der Waals surface area contributed by atoms with Crippen LogP contribution in [0.25, 0.3) is 0 Å². The molecule has 0 saturated carbocycles. The molecule has 1 aromatic carbocycles. The minimum absolute atomic E-state index is 0.231. The second-order valence-corrected chi connectivity index (χ2v) is 3.85. The molecule has 0 aliphatic rings. The SMILES string of the molecule is COc1ccccc1/C=N\NC(=O)c1ccc(C)o1. The summed E-state index contributed by atoms with van der Waals surface area (Å²) < 4.78 is 10.4. The number of para-hydroxylation sites is 1. The summed E-state index contributed by atoms with van der Waals surface area (Å²) in [5.41, 5.74) is 3.17. The van der Waals surface area contributed by atoms with Crippen LogP contribution in [0.2, 0.25) is 0 Å². The summed E-state index contributed by atoms with van der Waals surface area (Å²) in [6.45, 7) is 1.77. The third-order valence-corrected chi connectivity index (χ3v) is 2.47. The fourth-order valence-corrected chi connectivity index (χ4v) is 1.55. The summed E-state index contributed by atoms with van der Waals surface area (Å²) >= 11 is 0. The Morgan fingerprint density at radius 1 is 1.32 bits per heavy atom. The van der Waals surface area contributed by atoms with Gasteiger partial charge in [0.1, 0.15) is 11.5 Å². The number of rotatable bonds is 4. The van der Waals surface area contributed by atoms with E-state index < -0.39 is 0 Å². The van der Waals surface area contributed by atoms with Crippen molar-refractivity contribution in [2.75, 3.05) is 7.11 Å². The molecule has 0 fully saturated rings. The first-order valence-electron chi connectivity index (χ1n) is 5.73. The van der Waals surface area contributed by atoms with Crippen LogP contribution in [0.15, 0.2) is 45.9 Å². The van der Waals surface area contributed by atoms with Crippen LogP contribution in [0.5, 0.6) is 5.75 Å². The van der Waals surface area contributed by atoms with Gasteiger partial charge in [-0.2, -0.15) is 5.10 Å². The standard InChI is InChI=1S/C14H14N2O3/c1-10-7-8-13(19-10)14(17)16-15-9-11-5-3-4-6-12(11)18-2/h3-9H,1-2H3,(H,16,17)/b15-9-. The number of methoxy groups -OCH3 is 1. The van der Waals surface area contributed by atoms with Crippen molar-refractivity contribution >= 4 is 12.1 Å². The number of hydrazone groups is 1. The van der Waals surface area contributed by atoms with Crippen molar-refractivity contribution in [3.63, 3.8) is 0 Å². The molecule has 1 aromatic heterocycles. The maximum atomic E-state index is 11.7. The predicted octanol–water partition coefficient (Wildman–Crippen LogP) is 2.36. The van der Waals surface area contributed by atoms with Crippen molar-refractivity contribution in [1.82, 2.24) is 5.43 Å². The van der Waals surface area contributed by atoms with Crippen molar-refractivity contribution in [3.05, 3.63) is 53.5 Å². The number of amides is 1. The van der Waals surface area contributed by atoms with Crippen LogP contribution < -0.4 is 10.2 Å². The maximum absolute atomic E-state index is 11.7. The third kappa shape index (κ3) is 3.22. The normalized spacial score (nSPS) is 10.6. The highest BCUT2D eigenvalue weighted by Crippen LogP contribution is 2.14. The zero-order valence-corrected chi connectivity index (χ0v) is 10.7. The van der Waals surface area contributed by atoms with Gasteiger partial charge in [0.25, 0.3) is 0 Å². The summed E-state index contributed by atoms with van der Waals surface area (Å²) in [6, 6.07) is 10.7. The minimum atomic E-state index is -0.390. The van der Waals surface area contributed by atoms with Crippen LogP contribution in [-0.4, -0.2) is 19.2 Å². The molecule has 0 aliphatic heterocycles. The average Bonchev–Trinajstić information content (AvgIpc) is 2.86. The van der Waals surface area contributed by atoms with Crippen molar-refractivity contribution in [1.29, 1.82) is 0 Å². The van der Waals surface area contributed by atoms with E-state index in [9.17, 15) is 4.79 Å². The molecule has 2 rings (SSSR count).